The van der Waals surface area contributed by atoms with Crippen LogP contribution in [0, 0.1) is 11.3 Å². The van der Waals surface area contributed by atoms with Crippen LogP contribution in [0.15, 0.2) is 106 Å². The van der Waals surface area contributed by atoms with E-state index in [1.54, 1.807) is 18.5 Å². The zero-order valence-corrected chi connectivity index (χ0v) is 18.8. The monoisotopic (exact) mass is 463 g/mol. The van der Waals surface area contributed by atoms with E-state index < -0.39 is 0 Å². The van der Waals surface area contributed by atoms with Crippen LogP contribution in [0.3, 0.4) is 0 Å². The van der Waals surface area contributed by atoms with E-state index >= 15 is 0 Å². The van der Waals surface area contributed by atoms with Crippen molar-refractivity contribution >= 4 is 24.6 Å². The molecule has 0 saturated carbocycles. The Morgan fingerprint density at radius 3 is 1.79 bits per heavy atom. The van der Waals surface area contributed by atoms with Crippen molar-refractivity contribution in [3.8, 4) is 6.07 Å². The number of halogens is 1. The van der Waals surface area contributed by atoms with Gasteiger partial charge in [-0.15, -0.1) is 15.6 Å². The fourth-order valence-corrected chi connectivity index (χ4v) is 2.21. The minimum absolute atomic E-state index is 0. The summed E-state index contributed by atoms with van der Waals surface area (Å²) in [5.74, 6) is 0.353. The Morgan fingerprint density at radius 1 is 0.818 bits per heavy atom. The number of nitriles is 1. The van der Waals surface area contributed by atoms with Gasteiger partial charge in [0.05, 0.1) is 18.5 Å². The lowest BCUT2D eigenvalue weighted by atomic mass is 10.2. The van der Waals surface area contributed by atoms with Crippen LogP contribution >= 0.6 is 0 Å². The topological polar surface area (TPSA) is 130 Å². The number of nitrogens with zero attached hydrogens (tertiary/aromatic N) is 4. The molecule has 0 heterocycles. The Morgan fingerprint density at radius 2 is 1.27 bits per heavy atom. The fraction of sp³-hybridized carbons (Fsp3) is 0.0417. The molecule has 0 amide bonds. The van der Waals surface area contributed by atoms with Crippen LogP contribution in [-0.2, 0) is 0 Å². The first-order valence-electron chi connectivity index (χ1n) is 9.52. The average molecular weight is 464 g/mol. The van der Waals surface area contributed by atoms with Crippen LogP contribution in [0.2, 0.25) is 0 Å². The number of rotatable bonds is 6. The molecule has 3 rings (SSSR count). The van der Waals surface area contributed by atoms with Crippen molar-refractivity contribution in [2.24, 2.45) is 15.3 Å². The maximum atomic E-state index is 7.32. The van der Waals surface area contributed by atoms with Crippen LogP contribution in [-0.4, -0.2) is 30.1 Å². The van der Waals surface area contributed by atoms with Gasteiger partial charge in [0, 0.05) is 12.5 Å². The third kappa shape index (κ3) is 12.9. The SMILES string of the molecule is C(=N\N=C(\N/N=C/c1ccccc1)N/[NH+]=C/c1ccccc1)/c1ccccc1.CC#N.O.[Cl-]. The number of benzene rings is 3. The molecule has 0 bridgehead atoms. The second-order valence-electron chi connectivity index (χ2n) is 5.93. The van der Waals surface area contributed by atoms with Crippen molar-refractivity contribution in [1.29, 1.82) is 5.26 Å². The quantitative estimate of drug-likeness (QED) is 0.231. The Labute approximate surface area is 199 Å². The fourth-order valence-electron chi connectivity index (χ4n) is 2.21. The molecule has 8 nitrogen and oxygen atoms in total. The van der Waals surface area contributed by atoms with Crippen molar-refractivity contribution < 1.29 is 23.0 Å². The lowest BCUT2D eigenvalue weighted by Gasteiger charge is -1.99. The number of hydrogen-bond donors (Lipinski definition) is 3. The summed E-state index contributed by atoms with van der Waals surface area (Å²) in [5.41, 5.74) is 8.76. The minimum atomic E-state index is 0. The molecule has 9 heteroatoms. The predicted molar refractivity (Wildman–Crippen MR) is 129 cm³/mol. The molecule has 0 radical (unpaired) electrons. The average Bonchev–Trinajstić information content (AvgIpc) is 2.81. The predicted octanol–water partition coefficient (Wildman–Crippen LogP) is -1.59. The Bertz CT molecular complexity index is 995. The van der Waals surface area contributed by atoms with Crippen molar-refractivity contribution in [3.63, 3.8) is 0 Å². The standard InChI is InChI=1S/C22H20N6.C2H3N.ClH.H2O/c1-4-10-19(11-5-1)16-23-26-22(27-24-17-20-12-6-2-7-13-20)28-25-18-21-14-8-3-9-15-21;1-2-3;;/h1-18H,(H2,26,27,28);1H3;1H;1H2/b23-16+,24-17+,25-18+;;;. The van der Waals surface area contributed by atoms with Crippen molar-refractivity contribution in [2.75, 3.05) is 0 Å². The Hall–Kier alpha value is -4.32. The van der Waals surface area contributed by atoms with Crippen LogP contribution in [0.4, 0.5) is 0 Å². The van der Waals surface area contributed by atoms with Gasteiger partial charge < -0.3 is 17.9 Å². The molecular weight excluding hydrogens is 438 g/mol. The van der Waals surface area contributed by atoms with Crippen molar-refractivity contribution in [2.45, 2.75) is 6.92 Å². The summed E-state index contributed by atoms with van der Waals surface area (Å²) in [5, 5.41) is 22.8. The summed E-state index contributed by atoms with van der Waals surface area (Å²) in [4.78, 5) is 0. The highest BCUT2D eigenvalue weighted by atomic mass is 35.5. The first-order chi connectivity index (χ1) is 15.3. The lowest BCUT2D eigenvalue weighted by molar-refractivity contribution is -0.500. The van der Waals surface area contributed by atoms with E-state index in [0.717, 1.165) is 16.7 Å². The molecule has 170 valence electrons. The molecule has 0 unspecified atom stereocenters. The second-order valence-corrected chi connectivity index (χ2v) is 5.93. The highest BCUT2D eigenvalue weighted by Crippen LogP contribution is 1.95. The number of hydrazine groups is 1. The van der Waals surface area contributed by atoms with Crippen LogP contribution in [0.5, 0.6) is 0 Å². The van der Waals surface area contributed by atoms with Crippen molar-refractivity contribution in [3.05, 3.63) is 108 Å². The molecule has 33 heavy (non-hydrogen) atoms. The third-order valence-corrected chi connectivity index (χ3v) is 3.58. The first-order valence-corrected chi connectivity index (χ1v) is 9.52. The molecule has 3 aromatic rings. The molecule has 0 saturated heterocycles. The van der Waals surface area contributed by atoms with Crippen LogP contribution in [0.25, 0.3) is 0 Å². The summed E-state index contributed by atoms with van der Waals surface area (Å²) >= 11 is 0. The number of nitrogens with one attached hydrogen (secondary N) is 3. The number of hydrazone groups is 2. The Kier molecular flexibility index (Phi) is 16.0. The molecule has 0 aliphatic heterocycles. The summed E-state index contributed by atoms with van der Waals surface area (Å²) in [6, 6.07) is 31.2. The second kappa shape index (κ2) is 18.4. The number of guanidine groups is 1. The van der Waals surface area contributed by atoms with Gasteiger partial charge in [-0.3, -0.25) is 0 Å². The largest absolute Gasteiger partial charge is 1.00 e. The van der Waals surface area contributed by atoms with E-state index in [1.807, 2.05) is 97.2 Å². The molecule has 0 spiro atoms. The molecule has 0 aromatic heterocycles. The van der Waals surface area contributed by atoms with Gasteiger partial charge in [0.2, 0.25) is 0 Å². The first kappa shape index (κ1) is 28.7. The van der Waals surface area contributed by atoms with Crippen LogP contribution < -0.4 is 28.4 Å². The van der Waals surface area contributed by atoms with Gasteiger partial charge in [-0.2, -0.15) is 15.5 Å². The van der Waals surface area contributed by atoms with E-state index in [1.165, 1.54) is 6.92 Å². The normalized spacial score (nSPS) is 10.5. The summed E-state index contributed by atoms with van der Waals surface area (Å²) < 4.78 is 0. The zero-order valence-electron chi connectivity index (χ0n) is 18.1. The third-order valence-electron chi connectivity index (χ3n) is 3.58. The van der Waals surface area contributed by atoms with Gasteiger partial charge in [-0.25, -0.2) is 5.43 Å². The zero-order chi connectivity index (χ0) is 22.0. The van der Waals surface area contributed by atoms with E-state index in [0.29, 0.717) is 5.96 Å². The van der Waals surface area contributed by atoms with E-state index in [2.05, 4.69) is 31.3 Å². The minimum Gasteiger partial charge on any atom is -1.00 e. The molecular formula is C24H26ClN7O. The van der Waals surface area contributed by atoms with Gasteiger partial charge in [-0.05, 0) is 23.3 Å². The maximum absolute atomic E-state index is 7.32. The summed E-state index contributed by atoms with van der Waals surface area (Å²) in [7, 11) is 0. The summed E-state index contributed by atoms with van der Waals surface area (Å²) in [6.07, 6.45) is 5.20. The number of hydrogen-bond acceptors (Lipinski definition) is 4. The smallest absolute Gasteiger partial charge is 0.291 e. The highest BCUT2D eigenvalue weighted by molar-refractivity contribution is 5.85. The van der Waals surface area contributed by atoms with Gasteiger partial charge in [0.15, 0.2) is 6.21 Å². The molecule has 0 atom stereocenters. The lowest BCUT2D eigenvalue weighted by Crippen LogP contribution is -3.00. The van der Waals surface area contributed by atoms with E-state index in [-0.39, 0.29) is 17.9 Å². The van der Waals surface area contributed by atoms with Gasteiger partial charge in [-0.1, -0.05) is 78.9 Å². The van der Waals surface area contributed by atoms with Crippen LogP contribution in [0.1, 0.15) is 23.6 Å². The summed E-state index contributed by atoms with van der Waals surface area (Å²) in [6.45, 7) is 1.43. The highest BCUT2D eigenvalue weighted by Gasteiger charge is 1.98. The molecule has 0 aliphatic carbocycles. The maximum Gasteiger partial charge on any atom is 0.291 e. The molecule has 0 aliphatic rings. The molecule has 5 N–H and O–H groups in total. The van der Waals surface area contributed by atoms with Gasteiger partial charge in [0.1, 0.15) is 0 Å². The van der Waals surface area contributed by atoms with Gasteiger partial charge >= 0.3 is 0 Å². The Balaban J connectivity index is 0.00000194. The van der Waals surface area contributed by atoms with E-state index in [9.17, 15) is 0 Å². The van der Waals surface area contributed by atoms with Crippen molar-refractivity contribution in [1.82, 2.24) is 10.9 Å². The van der Waals surface area contributed by atoms with E-state index in [4.69, 9.17) is 5.26 Å². The molecule has 0 fully saturated rings. The van der Waals surface area contributed by atoms with Gasteiger partial charge in [0.25, 0.3) is 5.96 Å². The molecule has 3 aromatic carbocycles.